The van der Waals surface area contributed by atoms with Crippen molar-refractivity contribution in [3.8, 4) is 0 Å². The van der Waals surface area contributed by atoms with Crippen LogP contribution in [-0.4, -0.2) is 19.6 Å². The van der Waals surface area contributed by atoms with Crippen LogP contribution in [0.4, 0.5) is 11.4 Å². The van der Waals surface area contributed by atoms with Gasteiger partial charge >= 0.3 is 5.97 Å². The Morgan fingerprint density at radius 2 is 2.20 bits per heavy atom. The summed E-state index contributed by atoms with van der Waals surface area (Å²) in [5.74, 6) is -0.0436. The molecule has 1 rings (SSSR count). The van der Waals surface area contributed by atoms with Crippen LogP contribution in [0.15, 0.2) is 23.3 Å². The average Bonchev–Trinajstić information content (AvgIpc) is 2.43. The van der Waals surface area contributed by atoms with E-state index >= 15 is 0 Å². The molecule has 0 saturated heterocycles. The second-order valence-electron chi connectivity index (χ2n) is 4.89. The van der Waals surface area contributed by atoms with Crippen molar-refractivity contribution in [2.24, 2.45) is 11.0 Å². The zero-order valence-corrected chi connectivity index (χ0v) is 12.4. The van der Waals surface area contributed by atoms with Crippen LogP contribution in [0.25, 0.3) is 6.08 Å². The first kappa shape index (κ1) is 15.9. The largest absolute Gasteiger partial charge is 0.462 e. The van der Waals surface area contributed by atoms with Crippen molar-refractivity contribution in [1.29, 1.82) is 5.53 Å². The van der Waals surface area contributed by atoms with Gasteiger partial charge in [-0.25, -0.2) is 10.3 Å². The third-order valence-corrected chi connectivity index (χ3v) is 2.81. The van der Waals surface area contributed by atoms with E-state index in [1.807, 2.05) is 32.9 Å². The van der Waals surface area contributed by atoms with Crippen molar-refractivity contribution in [1.82, 2.24) is 0 Å². The highest BCUT2D eigenvalue weighted by Gasteiger charge is 2.07. The predicted molar refractivity (Wildman–Crippen MR) is 80.4 cm³/mol. The molecule has 0 aromatic heterocycles. The molecule has 0 heterocycles. The number of nitrogens with zero attached hydrogens (tertiary/aromatic N) is 1. The fourth-order valence-electron chi connectivity index (χ4n) is 1.70. The SMILES string of the molecule is CNc1ccc(/C=C/C(=O)OCC(C)C)c(C)c1N=N. The fourth-order valence-corrected chi connectivity index (χ4v) is 1.70. The van der Waals surface area contributed by atoms with Crippen LogP contribution >= 0.6 is 0 Å². The number of anilines is 1. The maximum Gasteiger partial charge on any atom is 0.330 e. The van der Waals surface area contributed by atoms with Crippen molar-refractivity contribution < 1.29 is 9.53 Å². The molecule has 2 N–H and O–H groups in total. The topological polar surface area (TPSA) is 74.5 Å². The van der Waals surface area contributed by atoms with E-state index in [1.165, 1.54) is 6.08 Å². The number of nitrogens with one attached hydrogen (secondary N) is 2. The first-order valence-electron chi connectivity index (χ1n) is 6.53. The highest BCUT2D eigenvalue weighted by molar-refractivity contribution is 5.88. The van der Waals surface area contributed by atoms with Crippen LogP contribution in [-0.2, 0) is 9.53 Å². The van der Waals surface area contributed by atoms with Crippen molar-refractivity contribution in [2.75, 3.05) is 19.0 Å². The average molecular weight is 275 g/mol. The second kappa shape index (κ2) is 7.43. The van der Waals surface area contributed by atoms with Crippen molar-refractivity contribution in [2.45, 2.75) is 20.8 Å². The number of ether oxygens (including phenoxy) is 1. The Hall–Kier alpha value is -2.17. The van der Waals surface area contributed by atoms with Gasteiger partial charge < -0.3 is 10.1 Å². The van der Waals surface area contributed by atoms with Gasteiger partial charge in [-0.2, -0.15) is 5.11 Å². The molecule has 20 heavy (non-hydrogen) atoms. The summed E-state index contributed by atoms with van der Waals surface area (Å²) in [5.41, 5.74) is 10.3. The maximum atomic E-state index is 11.5. The Balaban J connectivity index is 2.88. The van der Waals surface area contributed by atoms with E-state index in [1.54, 1.807) is 13.1 Å². The molecule has 0 fully saturated rings. The number of benzene rings is 1. The summed E-state index contributed by atoms with van der Waals surface area (Å²) >= 11 is 0. The van der Waals surface area contributed by atoms with Crippen molar-refractivity contribution >= 4 is 23.4 Å². The molecule has 0 saturated carbocycles. The van der Waals surface area contributed by atoms with Gasteiger partial charge in [0.1, 0.15) is 5.69 Å². The van der Waals surface area contributed by atoms with Gasteiger partial charge in [0.05, 0.1) is 12.3 Å². The van der Waals surface area contributed by atoms with E-state index in [0.29, 0.717) is 18.2 Å². The Bertz CT molecular complexity index is 522. The Morgan fingerprint density at radius 3 is 2.75 bits per heavy atom. The second-order valence-corrected chi connectivity index (χ2v) is 4.89. The van der Waals surface area contributed by atoms with Gasteiger partial charge in [-0.1, -0.05) is 19.9 Å². The molecule has 0 aliphatic heterocycles. The molecular formula is C15H21N3O2. The summed E-state index contributed by atoms with van der Waals surface area (Å²) in [4.78, 5) is 11.5. The lowest BCUT2D eigenvalue weighted by Crippen LogP contribution is -2.07. The molecule has 1 aromatic rings. The first-order chi connectivity index (χ1) is 9.49. The third-order valence-electron chi connectivity index (χ3n) is 2.81. The maximum absolute atomic E-state index is 11.5. The van der Waals surface area contributed by atoms with Crippen LogP contribution in [0.2, 0.25) is 0 Å². The summed E-state index contributed by atoms with van der Waals surface area (Å²) < 4.78 is 5.07. The van der Waals surface area contributed by atoms with Gasteiger partial charge in [-0.3, -0.25) is 0 Å². The molecule has 0 aliphatic carbocycles. The number of hydrogen-bond donors (Lipinski definition) is 2. The minimum atomic E-state index is -0.361. The normalized spacial score (nSPS) is 10.8. The molecule has 0 unspecified atom stereocenters. The van der Waals surface area contributed by atoms with Crippen LogP contribution in [0.3, 0.4) is 0 Å². The van der Waals surface area contributed by atoms with Gasteiger partial charge in [0.15, 0.2) is 0 Å². The zero-order valence-electron chi connectivity index (χ0n) is 12.4. The van der Waals surface area contributed by atoms with Gasteiger partial charge in [-0.15, -0.1) is 0 Å². The van der Waals surface area contributed by atoms with E-state index in [0.717, 1.165) is 16.8 Å². The molecular weight excluding hydrogens is 254 g/mol. The molecule has 0 spiro atoms. The lowest BCUT2D eigenvalue weighted by Gasteiger charge is -2.09. The van der Waals surface area contributed by atoms with Crippen LogP contribution in [0.1, 0.15) is 25.0 Å². The van der Waals surface area contributed by atoms with E-state index in [9.17, 15) is 4.79 Å². The number of hydrogen-bond acceptors (Lipinski definition) is 5. The lowest BCUT2D eigenvalue weighted by molar-refractivity contribution is -0.138. The summed E-state index contributed by atoms with van der Waals surface area (Å²) in [6, 6.07) is 3.71. The number of esters is 1. The smallest absolute Gasteiger partial charge is 0.330 e. The number of carbonyl (C=O) groups is 1. The summed E-state index contributed by atoms with van der Waals surface area (Å²) in [6.45, 7) is 6.25. The molecule has 5 nitrogen and oxygen atoms in total. The monoisotopic (exact) mass is 275 g/mol. The van der Waals surface area contributed by atoms with Crippen LogP contribution in [0, 0.1) is 18.4 Å². The zero-order chi connectivity index (χ0) is 15.1. The van der Waals surface area contributed by atoms with E-state index < -0.39 is 0 Å². The summed E-state index contributed by atoms with van der Waals surface area (Å²) in [6.07, 6.45) is 3.09. The van der Waals surface area contributed by atoms with E-state index in [-0.39, 0.29) is 5.97 Å². The molecule has 108 valence electrons. The third kappa shape index (κ3) is 4.19. The summed E-state index contributed by atoms with van der Waals surface area (Å²) in [7, 11) is 1.78. The van der Waals surface area contributed by atoms with Crippen molar-refractivity contribution in [3.63, 3.8) is 0 Å². The number of carbonyl (C=O) groups excluding carboxylic acids is 1. The van der Waals surface area contributed by atoms with Crippen molar-refractivity contribution in [3.05, 3.63) is 29.3 Å². The Kier molecular flexibility index (Phi) is 5.90. The van der Waals surface area contributed by atoms with E-state index in [4.69, 9.17) is 10.3 Å². The quantitative estimate of drug-likeness (QED) is 0.469. The molecule has 5 heteroatoms. The molecule has 0 atom stereocenters. The van der Waals surface area contributed by atoms with E-state index in [2.05, 4.69) is 10.4 Å². The first-order valence-corrected chi connectivity index (χ1v) is 6.53. The van der Waals surface area contributed by atoms with Gasteiger partial charge in [0, 0.05) is 13.1 Å². The molecule has 1 aromatic carbocycles. The molecule has 0 bridgehead atoms. The Labute approximate surface area is 119 Å². The van der Waals surface area contributed by atoms with Gasteiger partial charge in [0.25, 0.3) is 0 Å². The highest BCUT2D eigenvalue weighted by atomic mass is 16.5. The molecule has 0 aliphatic rings. The fraction of sp³-hybridized carbons (Fsp3) is 0.400. The van der Waals surface area contributed by atoms with Crippen LogP contribution < -0.4 is 5.32 Å². The lowest BCUT2D eigenvalue weighted by atomic mass is 10.0. The van der Waals surface area contributed by atoms with Gasteiger partial charge in [0.2, 0.25) is 0 Å². The minimum Gasteiger partial charge on any atom is -0.462 e. The summed E-state index contributed by atoms with van der Waals surface area (Å²) in [5, 5.41) is 6.51. The molecule has 0 amide bonds. The minimum absolute atomic E-state index is 0.317. The molecule has 0 radical (unpaired) electrons. The predicted octanol–water partition coefficient (Wildman–Crippen LogP) is 3.91. The standard InChI is InChI=1S/C15H21N3O2/c1-10(2)9-20-14(19)8-6-12-5-7-13(17-4)15(18-16)11(12)3/h5-8,10,16-17H,9H2,1-4H3/b8-6+,18-16?. The Morgan fingerprint density at radius 1 is 1.50 bits per heavy atom. The highest BCUT2D eigenvalue weighted by Crippen LogP contribution is 2.31. The van der Waals surface area contributed by atoms with Gasteiger partial charge in [-0.05, 0) is 36.1 Å². The number of rotatable bonds is 6. The van der Waals surface area contributed by atoms with Crippen LogP contribution in [0.5, 0.6) is 0 Å².